The van der Waals surface area contributed by atoms with Crippen LogP contribution < -0.4 is 0 Å². The number of aliphatic hydroxyl groups is 1. The van der Waals surface area contributed by atoms with Gasteiger partial charge in [0.25, 0.3) is 0 Å². The molecular formula is C14H28O2. The summed E-state index contributed by atoms with van der Waals surface area (Å²) in [5, 5.41) is 7.57. The van der Waals surface area contributed by atoms with Crippen molar-refractivity contribution in [3.63, 3.8) is 0 Å². The van der Waals surface area contributed by atoms with Gasteiger partial charge in [0, 0.05) is 18.9 Å². The first kappa shape index (κ1) is 17.8. The van der Waals surface area contributed by atoms with E-state index in [9.17, 15) is 4.79 Å². The Morgan fingerprint density at radius 3 is 2.19 bits per heavy atom. The third-order valence-electron chi connectivity index (χ3n) is 2.64. The average molecular weight is 228 g/mol. The van der Waals surface area contributed by atoms with E-state index in [1.807, 2.05) is 27.7 Å². The largest absolute Gasteiger partial charge is 0.397 e. The van der Waals surface area contributed by atoms with Crippen molar-refractivity contribution in [1.29, 1.82) is 0 Å². The van der Waals surface area contributed by atoms with Crippen LogP contribution >= 0.6 is 0 Å². The molecule has 0 radical (unpaired) electrons. The van der Waals surface area contributed by atoms with Crippen molar-refractivity contribution in [2.45, 2.75) is 53.9 Å². The number of Topliss-reactive ketones (excluding diaryl/α,β-unsaturated/α-hetero) is 1. The van der Waals surface area contributed by atoms with Gasteiger partial charge in [0.1, 0.15) is 5.78 Å². The number of hydrogen-bond donors (Lipinski definition) is 1. The molecule has 1 unspecified atom stereocenters. The maximum atomic E-state index is 11.3. The highest BCUT2D eigenvalue weighted by atomic mass is 16.2. The quantitative estimate of drug-likeness (QED) is 0.696. The zero-order chi connectivity index (χ0) is 13.1. The fourth-order valence-corrected chi connectivity index (χ4v) is 1.58. The Morgan fingerprint density at radius 2 is 1.88 bits per heavy atom. The second-order valence-corrected chi connectivity index (χ2v) is 4.01. The lowest BCUT2D eigenvalue weighted by molar-refractivity contribution is -0.124. The zero-order valence-corrected chi connectivity index (χ0v) is 11.5. The summed E-state index contributed by atoms with van der Waals surface area (Å²) in [5.41, 5.74) is 1.17. The topological polar surface area (TPSA) is 37.3 Å². The molecule has 0 heterocycles. The van der Waals surface area contributed by atoms with E-state index in [0.717, 1.165) is 19.3 Å². The number of hydrogen-bond acceptors (Lipinski definition) is 2. The Hall–Kier alpha value is -0.630. The van der Waals surface area contributed by atoms with E-state index in [4.69, 9.17) is 5.11 Å². The first-order chi connectivity index (χ1) is 7.52. The van der Waals surface area contributed by atoms with Crippen LogP contribution in [0.3, 0.4) is 0 Å². The Labute approximate surface area is 101 Å². The van der Waals surface area contributed by atoms with Gasteiger partial charge in [0.15, 0.2) is 0 Å². The number of carbonyl (C=O) groups is 1. The molecule has 2 nitrogen and oxygen atoms in total. The van der Waals surface area contributed by atoms with Crippen LogP contribution in [-0.4, -0.2) is 17.5 Å². The standard InChI is InChI=1S/C10H16O.C2H6O.C2H6/c1-7(2)9-5-4-8(3)10(11)6-9;1-2-3;1-2/h8-9H,1,4-6H2,2-3H3;3H,2H2,1H3;1-2H3/t8?,9-;;/m1../s1. The molecule has 2 atom stereocenters. The van der Waals surface area contributed by atoms with Gasteiger partial charge in [-0.2, -0.15) is 0 Å². The normalized spacial score (nSPS) is 23.5. The van der Waals surface area contributed by atoms with Crippen LogP contribution in [0.1, 0.15) is 53.9 Å². The number of allylic oxidation sites excluding steroid dienone is 1. The third kappa shape index (κ3) is 7.63. The second kappa shape index (κ2) is 10.9. The first-order valence-electron chi connectivity index (χ1n) is 6.31. The molecule has 1 aliphatic rings. The van der Waals surface area contributed by atoms with Crippen molar-refractivity contribution in [2.75, 3.05) is 6.61 Å². The van der Waals surface area contributed by atoms with Crippen LogP contribution in [0, 0.1) is 11.8 Å². The Balaban J connectivity index is 0. The minimum atomic E-state index is 0.250. The van der Waals surface area contributed by atoms with Crippen LogP contribution in [-0.2, 0) is 4.79 Å². The fraction of sp³-hybridized carbons (Fsp3) is 0.786. The smallest absolute Gasteiger partial charge is 0.136 e. The molecule has 0 spiro atoms. The van der Waals surface area contributed by atoms with Crippen LogP contribution in [0.15, 0.2) is 12.2 Å². The molecular weight excluding hydrogens is 200 g/mol. The molecule has 1 rings (SSSR count). The van der Waals surface area contributed by atoms with Crippen molar-refractivity contribution in [1.82, 2.24) is 0 Å². The van der Waals surface area contributed by atoms with Crippen molar-refractivity contribution >= 4 is 5.78 Å². The molecule has 1 saturated carbocycles. The Bertz CT molecular complexity index is 197. The SMILES string of the molecule is C=C(C)[C@@H]1CCC(C)C(=O)C1.CC.CCO. The molecule has 0 amide bonds. The van der Waals surface area contributed by atoms with Gasteiger partial charge >= 0.3 is 0 Å². The van der Waals surface area contributed by atoms with Crippen LogP contribution in [0.2, 0.25) is 0 Å². The Kier molecular flexibility index (Phi) is 12.1. The van der Waals surface area contributed by atoms with E-state index in [1.165, 1.54) is 5.57 Å². The molecule has 0 aromatic rings. The monoisotopic (exact) mass is 228 g/mol. The van der Waals surface area contributed by atoms with Gasteiger partial charge in [-0.1, -0.05) is 32.9 Å². The fourth-order valence-electron chi connectivity index (χ4n) is 1.58. The van der Waals surface area contributed by atoms with E-state index in [0.29, 0.717) is 17.6 Å². The third-order valence-corrected chi connectivity index (χ3v) is 2.64. The molecule has 0 aromatic heterocycles. The van der Waals surface area contributed by atoms with Gasteiger partial charge in [-0.25, -0.2) is 0 Å². The zero-order valence-electron chi connectivity index (χ0n) is 11.5. The summed E-state index contributed by atoms with van der Waals surface area (Å²) in [4.78, 5) is 11.3. The molecule has 1 fully saturated rings. The van der Waals surface area contributed by atoms with Crippen molar-refractivity contribution < 1.29 is 9.90 Å². The molecule has 1 aliphatic carbocycles. The second-order valence-electron chi connectivity index (χ2n) is 4.01. The minimum Gasteiger partial charge on any atom is -0.397 e. The number of carbonyl (C=O) groups excluding carboxylic acids is 1. The summed E-state index contributed by atoms with van der Waals surface area (Å²) >= 11 is 0. The summed E-state index contributed by atoms with van der Waals surface area (Å²) in [6.07, 6.45) is 2.94. The van der Waals surface area contributed by atoms with Crippen molar-refractivity contribution in [2.24, 2.45) is 11.8 Å². The summed E-state index contributed by atoms with van der Waals surface area (Å²) in [6, 6.07) is 0. The van der Waals surface area contributed by atoms with Crippen molar-refractivity contribution in [3.8, 4) is 0 Å². The average Bonchev–Trinajstić information content (AvgIpc) is 2.26. The summed E-state index contributed by atoms with van der Waals surface area (Å²) in [7, 11) is 0. The maximum absolute atomic E-state index is 11.3. The highest BCUT2D eigenvalue weighted by molar-refractivity contribution is 5.81. The molecule has 0 aromatic carbocycles. The molecule has 0 bridgehead atoms. The summed E-state index contributed by atoms with van der Waals surface area (Å²) in [5.74, 6) is 1.19. The lowest BCUT2D eigenvalue weighted by atomic mass is 9.79. The molecule has 0 aliphatic heterocycles. The number of ketones is 1. The highest BCUT2D eigenvalue weighted by Crippen LogP contribution is 2.29. The summed E-state index contributed by atoms with van der Waals surface area (Å²) in [6.45, 7) is 13.9. The first-order valence-corrected chi connectivity index (χ1v) is 6.31. The van der Waals surface area contributed by atoms with Crippen LogP contribution in [0.4, 0.5) is 0 Å². The van der Waals surface area contributed by atoms with E-state index < -0.39 is 0 Å². The van der Waals surface area contributed by atoms with Gasteiger partial charge in [-0.15, -0.1) is 0 Å². The van der Waals surface area contributed by atoms with E-state index in [1.54, 1.807) is 6.92 Å². The van der Waals surface area contributed by atoms with Gasteiger partial charge in [0.05, 0.1) is 0 Å². The molecule has 1 N–H and O–H groups in total. The number of aliphatic hydroxyl groups excluding tert-OH is 1. The van der Waals surface area contributed by atoms with Gasteiger partial charge in [-0.05, 0) is 32.6 Å². The van der Waals surface area contributed by atoms with Crippen LogP contribution in [0.25, 0.3) is 0 Å². The minimum absolute atomic E-state index is 0.250. The molecule has 2 heteroatoms. The van der Waals surface area contributed by atoms with E-state index in [-0.39, 0.29) is 6.61 Å². The summed E-state index contributed by atoms with van der Waals surface area (Å²) < 4.78 is 0. The van der Waals surface area contributed by atoms with Gasteiger partial charge in [-0.3, -0.25) is 4.79 Å². The van der Waals surface area contributed by atoms with Gasteiger partial charge in [0.2, 0.25) is 0 Å². The van der Waals surface area contributed by atoms with Crippen molar-refractivity contribution in [3.05, 3.63) is 12.2 Å². The predicted molar refractivity (Wildman–Crippen MR) is 70.4 cm³/mol. The lowest BCUT2D eigenvalue weighted by Gasteiger charge is -2.25. The molecule has 0 saturated heterocycles. The molecule has 96 valence electrons. The Morgan fingerprint density at radius 1 is 1.44 bits per heavy atom. The highest BCUT2D eigenvalue weighted by Gasteiger charge is 2.25. The maximum Gasteiger partial charge on any atom is 0.136 e. The van der Waals surface area contributed by atoms with E-state index >= 15 is 0 Å². The predicted octanol–water partition coefficient (Wildman–Crippen LogP) is 3.59. The van der Waals surface area contributed by atoms with Crippen LogP contribution in [0.5, 0.6) is 0 Å². The lowest BCUT2D eigenvalue weighted by Crippen LogP contribution is -2.22. The number of rotatable bonds is 1. The van der Waals surface area contributed by atoms with E-state index in [2.05, 4.69) is 6.58 Å². The van der Waals surface area contributed by atoms with Gasteiger partial charge < -0.3 is 5.11 Å². The molecule has 16 heavy (non-hydrogen) atoms.